The van der Waals surface area contributed by atoms with Gasteiger partial charge in [0.05, 0.1) is 22.8 Å². The molecule has 0 unspecified atom stereocenters. The molecular weight excluding hydrogens is 1040 g/mol. The summed E-state index contributed by atoms with van der Waals surface area (Å²) in [6.07, 6.45) is 63.8. The molecular formula is C77H128N2NiO2. The van der Waals surface area contributed by atoms with Crippen molar-refractivity contribution in [1.82, 2.24) is 0 Å². The Balaban J connectivity index is 0.00000150. The van der Waals surface area contributed by atoms with E-state index in [1.807, 2.05) is 12.1 Å². The van der Waals surface area contributed by atoms with E-state index in [-0.39, 0.29) is 28.0 Å². The van der Waals surface area contributed by atoms with Gasteiger partial charge in [0.15, 0.2) is 0 Å². The first-order chi connectivity index (χ1) is 39.8. The first-order valence-electron chi connectivity index (χ1n) is 35.4. The van der Waals surface area contributed by atoms with Gasteiger partial charge in [-0.25, -0.2) is 4.99 Å². The maximum Gasteiger partial charge on any atom is 2.00 e. The van der Waals surface area contributed by atoms with Gasteiger partial charge in [-0.05, 0) is 155 Å². The minimum atomic E-state index is -0.264. The molecule has 0 atom stereocenters. The Bertz CT molecular complexity index is 2010. The van der Waals surface area contributed by atoms with Gasteiger partial charge in [0.2, 0.25) is 0 Å². The molecule has 0 aliphatic rings. The zero-order valence-electron chi connectivity index (χ0n) is 55.0. The van der Waals surface area contributed by atoms with Gasteiger partial charge in [0.1, 0.15) is 0 Å². The van der Waals surface area contributed by atoms with E-state index in [1.165, 1.54) is 242 Å². The maximum absolute atomic E-state index is 11.9. The number of rotatable bonds is 51. The molecule has 0 spiro atoms. The predicted molar refractivity (Wildman–Crippen MR) is 358 cm³/mol. The fraction of sp³-hybridized carbons (Fsp3) is 0.714. The third kappa shape index (κ3) is 37.3. The number of hydrogen-bond donors (Lipinski definition) is 0. The van der Waals surface area contributed by atoms with Gasteiger partial charge in [0.25, 0.3) is 0 Å². The summed E-state index contributed by atoms with van der Waals surface area (Å²) in [5.74, 6) is -0.528. The molecule has 82 heavy (non-hydrogen) atoms. The minimum Gasteiger partial charge on any atom is -0.873 e. The van der Waals surface area contributed by atoms with Crippen LogP contribution in [0.1, 0.15) is 352 Å². The van der Waals surface area contributed by atoms with E-state index in [0.29, 0.717) is 11.1 Å². The quantitative estimate of drug-likeness (QED) is 0.0321. The number of aryl methyl sites for hydroxylation is 6. The normalized spacial score (nSPS) is 11.9. The molecule has 0 bridgehead atoms. The van der Waals surface area contributed by atoms with Crippen LogP contribution in [0.2, 0.25) is 0 Å². The van der Waals surface area contributed by atoms with Gasteiger partial charge < -0.3 is 10.2 Å². The number of hydrogen-bond acceptors (Lipinski definition) is 4. The molecule has 3 rings (SSSR count). The molecule has 0 aliphatic carbocycles. The number of allylic oxidation sites excluding steroid dienone is 2. The van der Waals surface area contributed by atoms with Crippen LogP contribution in [0, 0.1) is 0 Å². The van der Waals surface area contributed by atoms with E-state index in [2.05, 4.69) is 104 Å². The second kappa shape index (κ2) is 54.5. The van der Waals surface area contributed by atoms with Crippen molar-refractivity contribution in [2.45, 2.75) is 357 Å². The fourth-order valence-electron chi connectivity index (χ4n) is 11.4. The summed E-state index contributed by atoms with van der Waals surface area (Å²) in [5.41, 5.74) is 12.0. The van der Waals surface area contributed by atoms with Crippen LogP contribution in [-0.2, 0) is 55.0 Å². The van der Waals surface area contributed by atoms with Crippen LogP contribution in [0.4, 0.5) is 11.4 Å². The van der Waals surface area contributed by atoms with Crippen molar-refractivity contribution in [2.24, 2.45) is 9.98 Å². The molecule has 0 N–H and O–H groups in total. The number of benzene rings is 3. The van der Waals surface area contributed by atoms with Gasteiger partial charge in [-0.1, -0.05) is 296 Å². The summed E-state index contributed by atoms with van der Waals surface area (Å²) >= 11 is 0. The predicted octanol–water partition coefficient (Wildman–Crippen LogP) is 24.3. The van der Waals surface area contributed by atoms with Crippen molar-refractivity contribution in [3.05, 3.63) is 94.1 Å². The second-order valence-electron chi connectivity index (χ2n) is 24.4. The largest absolute Gasteiger partial charge is 2.00 e. The zero-order chi connectivity index (χ0) is 58.6. The van der Waals surface area contributed by atoms with Gasteiger partial charge in [-0.3, -0.25) is 4.99 Å². The standard InChI is InChI=1S/C61H104N2.C16H26O2.Ni/c1-7-13-19-21-23-24-25-26-27-28-29-30-31-32-33-35-41-47-61(63-59-51-49-55(43-37-16-10-4)57(53-59)45-39-18-12-6)60(46-40-34-22-20-14-8-2)62-58-50-48-54(42-36-15-9-3)56(52-58)44-38-17-11-5;1-3-5-7-9-13-11-12-14(10-8-6-4-2)16(18)15(13)17;/h41,47-53H,7-40,42-46H2,1-6H3;11-12,17-18H,3-10H2,1-2H3;/q;;+2/p-2. The number of nitrogens with zero attached hydrogens (tertiary/aromatic N) is 2. The topological polar surface area (TPSA) is 70.8 Å². The Morgan fingerprint density at radius 3 is 0.963 bits per heavy atom. The van der Waals surface area contributed by atoms with E-state index in [9.17, 15) is 10.2 Å². The van der Waals surface area contributed by atoms with Crippen molar-refractivity contribution in [2.75, 3.05) is 0 Å². The Hall–Kier alpha value is -3.17. The van der Waals surface area contributed by atoms with Crippen molar-refractivity contribution in [1.29, 1.82) is 0 Å². The number of unbranched alkanes of at least 4 members (excludes halogenated alkanes) is 32. The smallest absolute Gasteiger partial charge is 0.873 e. The Labute approximate surface area is 519 Å². The van der Waals surface area contributed by atoms with Crippen LogP contribution in [0.3, 0.4) is 0 Å². The summed E-state index contributed by atoms with van der Waals surface area (Å²) < 4.78 is 0. The molecule has 0 saturated carbocycles. The molecule has 468 valence electrons. The summed E-state index contributed by atoms with van der Waals surface area (Å²) in [5, 5.41) is 23.8. The maximum atomic E-state index is 11.9. The fourth-order valence-corrected chi connectivity index (χ4v) is 11.4. The molecule has 3 aromatic rings. The summed E-state index contributed by atoms with van der Waals surface area (Å²) in [4.78, 5) is 11.2. The number of aliphatic imine (C=N–C) groups is 2. The van der Waals surface area contributed by atoms with Gasteiger partial charge in [-0.2, -0.15) is 0 Å². The Kier molecular flexibility index (Phi) is 51.1. The van der Waals surface area contributed by atoms with E-state index in [0.717, 1.165) is 94.1 Å². The summed E-state index contributed by atoms with van der Waals surface area (Å²) in [6, 6.07) is 18.1. The van der Waals surface area contributed by atoms with Crippen LogP contribution in [0.5, 0.6) is 11.5 Å². The average Bonchev–Trinajstić information content (AvgIpc) is 3.53. The monoisotopic (exact) mass is 1170 g/mol. The Morgan fingerprint density at radius 2 is 0.598 bits per heavy atom. The molecule has 3 aromatic carbocycles. The van der Waals surface area contributed by atoms with Crippen molar-refractivity contribution in [3.8, 4) is 11.5 Å². The molecule has 0 amide bonds. The minimum absolute atomic E-state index is 0. The van der Waals surface area contributed by atoms with Gasteiger partial charge in [0, 0.05) is 0 Å². The van der Waals surface area contributed by atoms with Crippen molar-refractivity contribution in [3.63, 3.8) is 0 Å². The van der Waals surface area contributed by atoms with Crippen LogP contribution in [0.25, 0.3) is 0 Å². The van der Waals surface area contributed by atoms with Crippen LogP contribution in [-0.4, -0.2) is 11.4 Å². The average molecular weight is 1170 g/mol. The third-order valence-corrected chi connectivity index (χ3v) is 16.8. The molecule has 0 aliphatic heterocycles. The van der Waals surface area contributed by atoms with Crippen molar-refractivity contribution < 1.29 is 26.7 Å². The zero-order valence-corrected chi connectivity index (χ0v) is 56.0. The Morgan fingerprint density at radius 1 is 0.317 bits per heavy atom. The third-order valence-electron chi connectivity index (χ3n) is 16.8. The summed E-state index contributed by atoms with van der Waals surface area (Å²) in [7, 11) is 0. The van der Waals surface area contributed by atoms with E-state index in [4.69, 9.17) is 9.98 Å². The molecule has 0 aromatic heterocycles. The van der Waals surface area contributed by atoms with Crippen LogP contribution < -0.4 is 10.2 Å². The molecule has 5 heteroatoms. The van der Waals surface area contributed by atoms with Gasteiger partial charge in [-0.15, -0.1) is 11.5 Å². The molecule has 0 heterocycles. The first-order valence-corrected chi connectivity index (χ1v) is 35.4. The molecule has 0 saturated heterocycles. The molecule has 0 fully saturated rings. The summed E-state index contributed by atoms with van der Waals surface area (Å²) in [6.45, 7) is 18.2. The van der Waals surface area contributed by atoms with Crippen molar-refractivity contribution >= 4 is 22.8 Å². The molecule has 0 radical (unpaired) electrons. The van der Waals surface area contributed by atoms with E-state index in [1.54, 1.807) is 11.1 Å². The van der Waals surface area contributed by atoms with E-state index >= 15 is 0 Å². The van der Waals surface area contributed by atoms with Gasteiger partial charge >= 0.3 is 16.5 Å². The van der Waals surface area contributed by atoms with Crippen LogP contribution >= 0.6 is 0 Å². The van der Waals surface area contributed by atoms with Crippen LogP contribution in [0.15, 0.2) is 70.7 Å². The SMILES string of the molecule is CCCCCCCCCCCCCCCCCC=CC(=Nc1ccc(CCCCC)c(CCCCC)c1)C(CCCCCCCC)=Nc1ccc(CCCCC)c(CCCCC)c1.CCCCCc1ccc(CCCCC)c([O-])c1[O-].[Ni+2]. The second-order valence-corrected chi connectivity index (χ2v) is 24.4. The molecule has 4 nitrogen and oxygen atoms in total. The first kappa shape index (κ1) is 76.8. The van der Waals surface area contributed by atoms with E-state index < -0.39 is 0 Å².